The van der Waals surface area contributed by atoms with Gasteiger partial charge in [0.05, 0.1) is 18.8 Å². The van der Waals surface area contributed by atoms with E-state index in [2.05, 4.69) is 10.2 Å². The zero-order valence-corrected chi connectivity index (χ0v) is 16.6. The summed E-state index contributed by atoms with van der Waals surface area (Å²) < 4.78 is 5.33. The number of morpholine rings is 1. The summed E-state index contributed by atoms with van der Waals surface area (Å²) in [7, 11) is 0. The van der Waals surface area contributed by atoms with Crippen molar-refractivity contribution in [3.63, 3.8) is 0 Å². The smallest absolute Gasteiger partial charge is 0.251 e. The SMILES string of the molecule is O=Cc1c(O)ccc2cc(-c3ccc(C(=O)NCCN4CCOCC4)cc3)ccc12. The number of carbonyl (C=O) groups is 2. The second kappa shape index (κ2) is 9.07. The molecule has 0 atom stereocenters. The minimum atomic E-state index is -0.0839. The largest absolute Gasteiger partial charge is 0.507 e. The molecule has 0 aromatic heterocycles. The van der Waals surface area contributed by atoms with Gasteiger partial charge in [0.25, 0.3) is 5.91 Å². The number of nitrogens with one attached hydrogen (secondary N) is 1. The van der Waals surface area contributed by atoms with Crippen molar-refractivity contribution in [2.45, 2.75) is 0 Å². The molecule has 0 saturated carbocycles. The van der Waals surface area contributed by atoms with Crippen LogP contribution >= 0.6 is 0 Å². The van der Waals surface area contributed by atoms with Gasteiger partial charge in [0.2, 0.25) is 0 Å². The molecule has 0 spiro atoms. The van der Waals surface area contributed by atoms with Crippen LogP contribution in [-0.2, 0) is 4.74 Å². The van der Waals surface area contributed by atoms with E-state index < -0.39 is 0 Å². The summed E-state index contributed by atoms with van der Waals surface area (Å²) >= 11 is 0. The van der Waals surface area contributed by atoms with Crippen LogP contribution in [0.15, 0.2) is 54.6 Å². The molecule has 0 bridgehead atoms. The van der Waals surface area contributed by atoms with Crippen molar-refractivity contribution in [1.29, 1.82) is 0 Å². The van der Waals surface area contributed by atoms with E-state index in [1.807, 2.05) is 42.5 Å². The Morgan fingerprint density at radius 1 is 1.03 bits per heavy atom. The second-order valence-corrected chi connectivity index (χ2v) is 7.34. The van der Waals surface area contributed by atoms with Crippen LogP contribution in [0.5, 0.6) is 5.75 Å². The highest BCUT2D eigenvalue weighted by atomic mass is 16.5. The predicted molar refractivity (Wildman–Crippen MR) is 116 cm³/mol. The Hall–Kier alpha value is -3.22. The average molecular weight is 404 g/mol. The molecule has 6 nitrogen and oxygen atoms in total. The molecule has 6 heteroatoms. The molecule has 0 unspecified atom stereocenters. The fourth-order valence-electron chi connectivity index (χ4n) is 3.71. The van der Waals surface area contributed by atoms with Gasteiger partial charge in [-0.2, -0.15) is 0 Å². The van der Waals surface area contributed by atoms with Gasteiger partial charge < -0.3 is 15.2 Å². The molecule has 1 aliphatic heterocycles. The lowest BCUT2D eigenvalue weighted by atomic mass is 9.98. The van der Waals surface area contributed by atoms with Gasteiger partial charge in [-0.15, -0.1) is 0 Å². The van der Waals surface area contributed by atoms with Gasteiger partial charge in [0.1, 0.15) is 5.75 Å². The van der Waals surface area contributed by atoms with Crippen LogP contribution in [0, 0.1) is 0 Å². The van der Waals surface area contributed by atoms with Crippen LogP contribution in [0.4, 0.5) is 0 Å². The number of phenols is 1. The Bertz CT molecular complexity index is 1060. The minimum Gasteiger partial charge on any atom is -0.507 e. The first-order valence-electron chi connectivity index (χ1n) is 10.1. The van der Waals surface area contributed by atoms with Crippen molar-refractivity contribution in [2.24, 2.45) is 0 Å². The Kier molecular flexibility index (Phi) is 6.07. The topological polar surface area (TPSA) is 78.9 Å². The summed E-state index contributed by atoms with van der Waals surface area (Å²) in [5.41, 5.74) is 2.87. The molecule has 1 amide bonds. The number of hydrogen-bond donors (Lipinski definition) is 2. The fourth-order valence-corrected chi connectivity index (χ4v) is 3.71. The molecule has 2 N–H and O–H groups in total. The monoisotopic (exact) mass is 404 g/mol. The standard InChI is InChI=1S/C24H24N2O4/c27-16-22-21-7-5-19(15-20(21)6-8-23(22)28)17-1-3-18(4-2-17)24(29)25-9-10-26-11-13-30-14-12-26/h1-8,15-16,28H,9-14H2,(H,25,29). The zero-order chi connectivity index (χ0) is 20.9. The van der Waals surface area contributed by atoms with Crippen LogP contribution in [0.25, 0.3) is 21.9 Å². The van der Waals surface area contributed by atoms with Crippen LogP contribution in [0.2, 0.25) is 0 Å². The highest BCUT2D eigenvalue weighted by Gasteiger charge is 2.12. The summed E-state index contributed by atoms with van der Waals surface area (Å²) in [6, 6.07) is 16.5. The second-order valence-electron chi connectivity index (χ2n) is 7.34. The number of fused-ring (bicyclic) bond motifs is 1. The molecule has 4 rings (SSSR count). The van der Waals surface area contributed by atoms with E-state index in [1.165, 1.54) is 6.07 Å². The van der Waals surface area contributed by atoms with Crippen molar-refractivity contribution in [3.05, 3.63) is 65.7 Å². The van der Waals surface area contributed by atoms with E-state index in [1.54, 1.807) is 6.07 Å². The lowest BCUT2D eigenvalue weighted by Gasteiger charge is -2.26. The van der Waals surface area contributed by atoms with Gasteiger partial charge in [-0.05, 0) is 46.2 Å². The van der Waals surface area contributed by atoms with Crippen LogP contribution in [-0.4, -0.2) is 61.6 Å². The third-order valence-electron chi connectivity index (χ3n) is 5.45. The maximum atomic E-state index is 12.4. The van der Waals surface area contributed by atoms with Crippen LogP contribution < -0.4 is 5.32 Å². The normalized spacial score (nSPS) is 14.5. The molecular weight excluding hydrogens is 380 g/mol. The molecular formula is C24H24N2O4. The number of rotatable bonds is 6. The highest BCUT2D eigenvalue weighted by Crippen LogP contribution is 2.30. The number of aldehydes is 1. The molecule has 1 heterocycles. The van der Waals surface area contributed by atoms with Crippen molar-refractivity contribution in [1.82, 2.24) is 10.2 Å². The van der Waals surface area contributed by atoms with Crippen LogP contribution in [0.1, 0.15) is 20.7 Å². The summed E-state index contributed by atoms with van der Waals surface area (Å²) in [5.74, 6) is -0.103. The van der Waals surface area contributed by atoms with Gasteiger partial charge in [-0.25, -0.2) is 0 Å². The first-order chi connectivity index (χ1) is 14.7. The van der Waals surface area contributed by atoms with Gasteiger partial charge in [-0.1, -0.05) is 30.3 Å². The lowest BCUT2D eigenvalue weighted by Crippen LogP contribution is -2.41. The van der Waals surface area contributed by atoms with E-state index in [0.29, 0.717) is 29.3 Å². The van der Waals surface area contributed by atoms with Crippen molar-refractivity contribution < 1.29 is 19.4 Å². The third kappa shape index (κ3) is 4.35. The number of nitrogens with zero attached hydrogens (tertiary/aromatic N) is 1. The fraction of sp³-hybridized carbons (Fsp3) is 0.250. The van der Waals surface area contributed by atoms with Gasteiger partial charge in [-0.3, -0.25) is 14.5 Å². The van der Waals surface area contributed by atoms with Gasteiger partial charge >= 0.3 is 0 Å². The molecule has 3 aromatic carbocycles. The summed E-state index contributed by atoms with van der Waals surface area (Å²) in [4.78, 5) is 25.9. The molecule has 154 valence electrons. The lowest BCUT2D eigenvalue weighted by molar-refractivity contribution is 0.0383. The number of aromatic hydroxyl groups is 1. The van der Waals surface area contributed by atoms with Gasteiger partial charge in [0.15, 0.2) is 6.29 Å². The minimum absolute atomic E-state index is 0.0192. The maximum Gasteiger partial charge on any atom is 0.251 e. The van der Waals surface area contributed by atoms with Gasteiger partial charge in [0, 0.05) is 31.7 Å². The Balaban J connectivity index is 1.43. The van der Waals surface area contributed by atoms with Crippen molar-refractivity contribution >= 4 is 23.0 Å². The number of carbonyl (C=O) groups excluding carboxylic acids is 2. The van der Waals surface area contributed by atoms with E-state index in [-0.39, 0.29) is 11.7 Å². The summed E-state index contributed by atoms with van der Waals surface area (Å²) in [6.45, 7) is 4.75. The molecule has 3 aromatic rings. The quantitative estimate of drug-likeness (QED) is 0.618. The number of amides is 1. The van der Waals surface area contributed by atoms with E-state index in [0.717, 1.165) is 49.4 Å². The maximum absolute atomic E-state index is 12.4. The van der Waals surface area contributed by atoms with E-state index >= 15 is 0 Å². The Labute approximate surface area is 175 Å². The molecule has 0 radical (unpaired) electrons. The first-order valence-corrected chi connectivity index (χ1v) is 10.1. The predicted octanol–water partition coefficient (Wildman–Crippen LogP) is 3.09. The first kappa shape index (κ1) is 20.1. The Morgan fingerprint density at radius 2 is 1.77 bits per heavy atom. The van der Waals surface area contributed by atoms with Crippen LogP contribution in [0.3, 0.4) is 0 Å². The van der Waals surface area contributed by atoms with Crippen molar-refractivity contribution in [3.8, 4) is 16.9 Å². The van der Waals surface area contributed by atoms with Crippen molar-refractivity contribution in [2.75, 3.05) is 39.4 Å². The molecule has 30 heavy (non-hydrogen) atoms. The molecule has 0 aliphatic carbocycles. The van der Waals surface area contributed by atoms with E-state index in [9.17, 15) is 14.7 Å². The molecule has 1 fully saturated rings. The average Bonchev–Trinajstić information content (AvgIpc) is 2.79. The number of phenolic OH excluding ortho intramolecular Hbond substituents is 1. The molecule has 1 aliphatic rings. The summed E-state index contributed by atoms with van der Waals surface area (Å²) in [6.07, 6.45) is 0.670. The highest BCUT2D eigenvalue weighted by molar-refractivity contribution is 6.02. The zero-order valence-electron chi connectivity index (χ0n) is 16.6. The number of hydrogen-bond acceptors (Lipinski definition) is 5. The van der Waals surface area contributed by atoms with E-state index in [4.69, 9.17) is 4.74 Å². The third-order valence-corrected chi connectivity index (χ3v) is 5.45. The number of benzene rings is 3. The number of ether oxygens (including phenoxy) is 1. The Morgan fingerprint density at radius 3 is 2.50 bits per heavy atom. The summed E-state index contributed by atoms with van der Waals surface area (Å²) in [5, 5.41) is 14.4. The molecule has 1 saturated heterocycles.